The van der Waals surface area contributed by atoms with Crippen molar-refractivity contribution in [3.05, 3.63) is 41.9 Å². The van der Waals surface area contributed by atoms with Crippen molar-refractivity contribution in [2.75, 3.05) is 0 Å². The van der Waals surface area contributed by atoms with Crippen LogP contribution in [0.3, 0.4) is 0 Å². The van der Waals surface area contributed by atoms with Crippen LogP contribution >= 0.6 is 11.8 Å². The van der Waals surface area contributed by atoms with Crippen LogP contribution in [0.15, 0.2) is 40.6 Å². The van der Waals surface area contributed by atoms with E-state index in [0.29, 0.717) is 15.6 Å². The number of aromatic carboxylic acids is 1. The van der Waals surface area contributed by atoms with E-state index in [4.69, 9.17) is 0 Å². The Morgan fingerprint density at radius 2 is 1.95 bits per heavy atom. The van der Waals surface area contributed by atoms with Crippen LogP contribution in [0.1, 0.15) is 16.2 Å². The molecule has 0 aliphatic rings. The molecule has 0 spiro atoms. The molecule has 7 heteroatoms. The second-order valence-electron chi connectivity index (χ2n) is 4.52. The van der Waals surface area contributed by atoms with Gasteiger partial charge in [0.1, 0.15) is 10.9 Å². The summed E-state index contributed by atoms with van der Waals surface area (Å²) in [6.45, 7) is 1.87. The number of carbonyl (C=O) groups is 1. The largest absolute Gasteiger partial charge is 0.478 e. The first-order chi connectivity index (χ1) is 10.1. The standard InChI is InChI=1S/C14H12N4O2S/c1-8-16-17-14(18(8)2)21-12-10-6-4-3-5-9(10)11(7-15-12)13(19)20/h3-7H,1-2H3,(H,19,20). The van der Waals surface area contributed by atoms with Gasteiger partial charge in [0.2, 0.25) is 0 Å². The van der Waals surface area contributed by atoms with E-state index in [0.717, 1.165) is 11.2 Å². The molecule has 0 radical (unpaired) electrons. The third-order valence-electron chi connectivity index (χ3n) is 3.23. The van der Waals surface area contributed by atoms with Gasteiger partial charge in [-0.25, -0.2) is 9.78 Å². The third kappa shape index (κ3) is 2.36. The van der Waals surface area contributed by atoms with Crippen molar-refractivity contribution in [2.24, 2.45) is 7.05 Å². The van der Waals surface area contributed by atoms with E-state index in [1.165, 1.54) is 18.0 Å². The first-order valence-corrected chi connectivity index (χ1v) is 7.04. The van der Waals surface area contributed by atoms with E-state index in [-0.39, 0.29) is 5.56 Å². The van der Waals surface area contributed by atoms with Crippen LogP contribution in [0, 0.1) is 6.92 Å². The summed E-state index contributed by atoms with van der Waals surface area (Å²) in [5.74, 6) is -0.172. The minimum Gasteiger partial charge on any atom is -0.478 e. The fourth-order valence-corrected chi connectivity index (χ4v) is 2.90. The number of fused-ring (bicyclic) bond motifs is 1. The van der Waals surface area contributed by atoms with Gasteiger partial charge >= 0.3 is 5.97 Å². The molecule has 3 aromatic rings. The Bertz CT molecular complexity index is 844. The zero-order valence-corrected chi connectivity index (χ0v) is 12.3. The van der Waals surface area contributed by atoms with E-state index in [1.807, 2.05) is 36.7 Å². The Kier molecular flexibility index (Phi) is 3.34. The summed E-state index contributed by atoms with van der Waals surface area (Å²) in [4.78, 5) is 15.5. The van der Waals surface area contributed by atoms with Gasteiger partial charge < -0.3 is 9.67 Å². The molecule has 3 rings (SSSR count). The van der Waals surface area contributed by atoms with Gasteiger partial charge in [0, 0.05) is 24.0 Å². The minimum atomic E-state index is -0.982. The zero-order chi connectivity index (χ0) is 15.0. The van der Waals surface area contributed by atoms with E-state index in [9.17, 15) is 9.90 Å². The van der Waals surface area contributed by atoms with Crippen LogP contribution in [-0.4, -0.2) is 30.8 Å². The van der Waals surface area contributed by atoms with Gasteiger partial charge in [-0.1, -0.05) is 24.3 Å². The molecule has 2 heterocycles. The SMILES string of the molecule is Cc1nnc(Sc2ncc(C(=O)O)c3ccccc23)n1C. The Morgan fingerprint density at radius 1 is 1.24 bits per heavy atom. The molecule has 0 atom stereocenters. The smallest absolute Gasteiger partial charge is 0.337 e. The van der Waals surface area contributed by atoms with Crippen LogP contribution in [0.4, 0.5) is 0 Å². The number of hydrogen-bond acceptors (Lipinski definition) is 5. The highest BCUT2D eigenvalue weighted by Gasteiger charge is 2.15. The highest BCUT2D eigenvalue weighted by Crippen LogP contribution is 2.32. The van der Waals surface area contributed by atoms with Gasteiger partial charge in [-0.3, -0.25) is 0 Å². The van der Waals surface area contributed by atoms with Crippen molar-refractivity contribution in [3.63, 3.8) is 0 Å². The lowest BCUT2D eigenvalue weighted by Crippen LogP contribution is -2.00. The van der Waals surface area contributed by atoms with E-state index >= 15 is 0 Å². The quantitative estimate of drug-likeness (QED) is 0.800. The number of nitrogens with zero attached hydrogens (tertiary/aromatic N) is 4. The fourth-order valence-electron chi connectivity index (χ4n) is 1.98. The number of aromatic nitrogens is 4. The molecule has 106 valence electrons. The molecular weight excluding hydrogens is 288 g/mol. The van der Waals surface area contributed by atoms with Crippen molar-refractivity contribution in [1.29, 1.82) is 0 Å². The van der Waals surface area contributed by atoms with Crippen molar-refractivity contribution >= 4 is 28.5 Å². The molecule has 0 aliphatic carbocycles. The number of carboxylic acid groups (broad SMARTS) is 1. The highest BCUT2D eigenvalue weighted by atomic mass is 32.2. The number of hydrogen-bond donors (Lipinski definition) is 1. The summed E-state index contributed by atoms with van der Waals surface area (Å²) in [5.41, 5.74) is 0.198. The van der Waals surface area contributed by atoms with Crippen LogP contribution < -0.4 is 0 Å². The summed E-state index contributed by atoms with van der Waals surface area (Å²) >= 11 is 1.37. The van der Waals surface area contributed by atoms with E-state index in [2.05, 4.69) is 15.2 Å². The Morgan fingerprint density at radius 3 is 2.57 bits per heavy atom. The normalized spacial score (nSPS) is 11.0. The van der Waals surface area contributed by atoms with Crippen LogP contribution in [0.5, 0.6) is 0 Å². The first kappa shape index (κ1) is 13.6. The average Bonchev–Trinajstić information content (AvgIpc) is 2.79. The number of aryl methyl sites for hydroxylation is 1. The fraction of sp³-hybridized carbons (Fsp3) is 0.143. The number of benzene rings is 1. The maximum atomic E-state index is 11.3. The zero-order valence-electron chi connectivity index (χ0n) is 11.4. The summed E-state index contributed by atoms with van der Waals surface area (Å²) < 4.78 is 1.87. The summed E-state index contributed by atoms with van der Waals surface area (Å²) in [5, 5.41) is 20.2. The number of rotatable bonds is 3. The second kappa shape index (κ2) is 5.17. The van der Waals surface area contributed by atoms with E-state index < -0.39 is 5.97 Å². The maximum absolute atomic E-state index is 11.3. The van der Waals surface area contributed by atoms with Gasteiger partial charge in [-0.05, 0) is 18.7 Å². The van der Waals surface area contributed by atoms with Crippen molar-refractivity contribution in [1.82, 2.24) is 19.7 Å². The van der Waals surface area contributed by atoms with Crippen molar-refractivity contribution in [3.8, 4) is 0 Å². The highest BCUT2D eigenvalue weighted by molar-refractivity contribution is 7.99. The number of pyridine rings is 1. The topological polar surface area (TPSA) is 80.9 Å². The molecule has 1 N–H and O–H groups in total. The molecule has 0 unspecified atom stereocenters. The Balaban J connectivity index is 2.14. The summed E-state index contributed by atoms with van der Waals surface area (Å²) in [6.07, 6.45) is 1.39. The number of carboxylic acids is 1. The van der Waals surface area contributed by atoms with Gasteiger partial charge in [0.15, 0.2) is 5.16 Å². The monoisotopic (exact) mass is 300 g/mol. The summed E-state index contributed by atoms with van der Waals surface area (Å²) in [7, 11) is 1.88. The van der Waals surface area contributed by atoms with E-state index in [1.54, 1.807) is 6.07 Å². The molecule has 0 amide bonds. The van der Waals surface area contributed by atoms with Crippen molar-refractivity contribution < 1.29 is 9.90 Å². The van der Waals surface area contributed by atoms with Gasteiger partial charge in [-0.2, -0.15) is 0 Å². The molecule has 0 fully saturated rings. The minimum absolute atomic E-state index is 0.198. The lowest BCUT2D eigenvalue weighted by Gasteiger charge is -2.07. The lowest BCUT2D eigenvalue weighted by molar-refractivity contribution is 0.0698. The average molecular weight is 300 g/mol. The molecule has 2 aromatic heterocycles. The second-order valence-corrected chi connectivity index (χ2v) is 5.47. The van der Waals surface area contributed by atoms with Crippen molar-refractivity contribution in [2.45, 2.75) is 17.1 Å². The molecule has 0 bridgehead atoms. The Labute approximate surface area is 124 Å². The maximum Gasteiger partial charge on any atom is 0.337 e. The molecule has 0 saturated carbocycles. The van der Waals surface area contributed by atoms with Crippen LogP contribution in [0.25, 0.3) is 10.8 Å². The first-order valence-electron chi connectivity index (χ1n) is 6.23. The molecule has 1 aromatic carbocycles. The van der Waals surface area contributed by atoms with Gasteiger partial charge in [0.05, 0.1) is 5.56 Å². The van der Waals surface area contributed by atoms with Crippen LogP contribution in [-0.2, 0) is 7.05 Å². The summed E-state index contributed by atoms with van der Waals surface area (Å²) in [6, 6.07) is 7.32. The molecule has 0 aliphatic heterocycles. The van der Waals surface area contributed by atoms with Crippen LogP contribution in [0.2, 0.25) is 0 Å². The predicted molar refractivity (Wildman–Crippen MR) is 78.6 cm³/mol. The lowest BCUT2D eigenvalue weighted by atomic mass is 10.1. The Hall–Kier alpha value is -2.41. The molecule has 21 heavy (non-hydrogen) atoms. The molecule has 0 saturated heterocycles. The predicted octanol–water partition coefficient (Wildman–Crippen LogP) is 2.52. The van der Waals surface area contributed by atoms with Gasteiger partial charge in [0.25, 0.3) is 0 Å². The molecular formula is C14H12N4O2S. The molecule has 6 nitrogen and oxygen atoms in total. The van der Waals surface area contributed by atoms with Gasteiger partial charge in [-0.15, -0.1) is 10.2 Å². The third-order valence-corrected chi connectivity index (χ3v) is 4.29.